The molecule has 1 heterocycles. The Kier molecular flexibility index (Phi) is 5.15. The van der Waals surface area contributed by atoms with Crippen molar-refractivity contribution >= 4 is 24.1 Å². The summed E-state index contributed by atoms with van der Waals surface area (Å²) in [4.78, 5) is 7.98. The van der Waals surface area contributed by atoms with E-state index in [1.54, 1.807) is 42.8 Å². The molecule has 0 aliphatic heterocycles. The highest BCUT2D eigenvalue weighted by Gasteiger charge is 2.12. The first kappa shape index (κ1) is 13.8. The average molecular weight is 274 g/mol. The van der Waals surface area contributed by atoms with Crippen molar-refractivity contribution in [3.63, 3.8) is 0 Å². The maximum Gasteiger partial charge on any atom is 0.153 e. The lowest BCUT2D eigenvalue weighted by Crippen LogP contribution is -2.14. The van der Waals surface area contributed by atoms with E-state index >= 15 is 0 Å². The number of nitrogens with one attached hydrogen (secondary N) is 2. The Bertz CT molecular complexity index is 470. The molecule has 0 saturated heterocycles. The second kappa shape index (κ2) is 7.09. The third-order valence-electron chi connectivity index (χ3n) is 2.98. The van der Waals surface area contributed by atoms with Gasteiger partial charge in [0.25, 0.3) is 0 Å². The summed E-state index contributed by atoms with van der Waals surface area (Å²) in [7, 11) is 0. The van der Waals surface area contributed by atoms with Gasteiger partial charge in [0, 0.05) is 23.2 Å². The zero-order chi connectivity index (χ0) is 13.5. The van der Waals surface area contributed by atoms with Gasteiger partial charge in [-0.3, -0.25) is 10.4 Å². The van der Waals surface area contributed by atoms with Gasteiger partial charge in [0.05, 0.1) is 0 Å². The molecule has 0 saturated carbocycles. The van der Waals surface area contributed by atoms with Crippen molar-refractivity contribution in [1.82, 2.24) is 9.71 Å². The summed E-state index contributed by atoms with van der Waals surface area (Å²) < 4.78 is 3.09. The van der Waals surface area contributed by atoms with Crippen molar-refractivity contribution < 1.29 is 0 Å². The number of rotatable bonds is 4. The second-order valence-electron chi connectivity index (χ2n) is 4.56. The standard InChI is InChI=1S/C14H18N4S/c1-11-2-4-13(5-3-11)19-18-10-17-14(15)12-6-8-16-9-7-12/h2,4,6-11,13H,3,5H2,1H3,(H2,15,17,18). The van der Waals surface area contributed by atoms with E-state index in [0.29, 0.717) is 11.2 Å². The van der Waals surface area contributed by atoms with Crippen LogP contribution < -0.4 is 4.72 Å². The normalized spacial score (nSPS) is 22.6. The van der Waals surface area contributed by atoms with Crippen LogP contribution in [0.4, 0.5) is 0 Å². The Morgan fingerprint density at radius 3 is 2.89 bits per heavy atom. The Balaban J connectivity index is 1.75. The van der Waals surface area contributed by atoms with Gasteiger partial charge >= 0.3 is 0 Å². The fraction of sp³-hybridized carbons (Fsp3) is 0.357. The molecule has 0 amide bonds. The predicted molar refractivity (Wildman–Crippen MR) is 81.6 cm³/mol. The van der Waals surface area contributed by atoms with E-state index in [1.165, 1.54) is 12.8 Å². The third kappa shape index (κ3) is 4.52. The summed E-state index contributed by atoms with van der Waals surface area (Å²) in [5.74, 6) is 0.939. The van der Waals surface area contributed by atoms with Crippen LogP contribution in [-0.4, -0.2) is 22.4 Å². The summed E-state index contributed by atoms with van der Waals surface area (Å²) in [5.41, 5.74) is 0.768. The van der Waals surface area contributed by atoms with Gasteiger partial charge in [-0.1, -0.05) is 19.1 Å². The first-order chi connectivity index (χ1) is 9.25. The zero-order valence-electron chi connectivity index (χ0n) is 10.9. The quantitative estimate of drug-likeness (QED) is 0.384. The van der Waals surface area contributed by atoms with E-state index in [0.717, 1.165) is 5.56 Å². The molecule has 0 aromatic carbocycles. The Morgan fingerprint density at radius 2 is 2.21 bits per heavy atom. The summed E-state index contributed by atoms with van der Waals surface area (Å²) >= 11 is 1.64. The smallest absolute Gasteiger partial charge is 0.153 e. The zero-order valence-corrected chi connectivity index (χ0v) is 11.7. The summed E-state index contributed by atoms with van der Waals surface area (Å²) in [5, 5.41) is 8.29. The highest BCUT2D eigenvalue weighted by atomic mass is 32.2. The lowest BCUT2D eigenvalue weighted by atomic mass is 9.98. The van der Waals surface area contributed by atoms with Gasteiger partial charge < -0.3 is 4.72 Å². The van der Waals surface area contributed by atoms with Crippen LogP contribution >= 0.6 is 11.9 Å². The van der Waals surface area contributed by atoms with E-state index < -0.39 is 0 Å². The van der Waals surface area contributed by atoms with Gasteiger partial charge in [0.1, 0.15) is 6.34 Å². The average Bonchev–Trinajstić information content (AvgIpc) is 2.46. The number of amidine groups is 1. The van der Waals surface area contributed by atoms with Crippen LogP contribution in [0.25, 0.3) is 0 Å². The van der Waals surface area contributed by atoms with Gasteiger partial charge in [-0.25, -0.2) is 4.99 Å². The third-order valence-corrected chi connectivity index (χ3v) is 3.92. The molecule has 1 aromatic rings. The van der Waals surface area contributed by atoms with E-state index in [1.807, 2.05) is 0 Å². The van der Waals surface area contributed by atoms with Crippen LogP contribution in [0.5, 0.6) is 0 Å². The molecule has 2 unspecified atom stereocenters. The molecule has 0 bridgehead atoms. The monoisotopic (exact) mass is 274 g/mol. The number of nitrogens with zero attached hydrogens (tertiary/aromatic N) is 2. The Labute approximate surface area is 118 Å². The van der Waals surface area contributed by atoms with E-state index in [4.69, 9.17) is 5.41 Å². The largest absolute Gasteiger partial charge is 0.320 e. The van der Waals surface area contributed by atoms with Gasteiger partial charge in [0.15, 0.2) is 5.84 Å². The topological polar surface area (TPSA) is 61.1 Å². The summed E-state index contributed by atoms with van der Waals surface area (Å²) in [6.07, 6.45) is 11.8. The first-order valence-electron chi connectivity index (χ1n) is 6.36. The molecule has 5 heteroatoms. The molecule has 1 aromatic heterocycles. The van der Waals surface area contributed by atoms with Crippen molar-refractivity contribution in [3.8, 4) is 0 Å². The number of aliphatic imine (C=N–C) groups is 1. The molecule has 0 fully saturated rings. The van der Waals surface area contributed by atoms with Crippen molar-refractivity contribution in [3.05, 3.63) is 42.2 Å². The molecule has 1 aliphatic carbocycles. The summed E-state index contributed by atoms with van der Waals surface area (Å²) in [6, 6.07) is 3.55. The number of hydrogen-bond donors (Lipinski definition) is 2. The Hall–Kier alpha value is -1.62. The van der Waals surface area contributed by atoms with Crippen LogP contribution in [0.1, 0.15) is 25.3 Å². The fourth-order valence-electron chi connectivity index (χ4n) is 1.82. The highest BCUT2D eigenvalue weighted by Crippen LogP contribution is 2.23. The fourth-order valence-corrected chi connectivity index (χ4v) is 2.54. The van der Waals surface area contributed by atoms with Crippen molar-refractivity contribution in [1.29, 1.82) is 5.41 Å². The van der Waals surface area contributed by atoms with Gasteiger partial charge in [-0.05, 0) is 42.8 Å². The van der Waals surface area contributed by atoms with Crippen LogP contribution in [0, 0.1) is 11.3 Å². The molecule has 2 rings (SSSR count). The highest BCUT2D eigenvalue weighted by molar-refractivity contribution is 7.98. The first-order valence-corrected chi connectivity index (χ1v) is 7.24. The van der Waals surface area contributed by atoms with E-state index in [9.17, 15) is 0 Å². The number of aromatic nitrogens is 1. The van der Waals surface area contributed by atoms with Crippen LogP contribution in [-0.2, 0) is 0 Å². The lowest BCUT2D eigenvalue weighted by Gasteiger charge is -2.18. The Morgan fingerprint density at radius 1 is 1.42 bits per heavy atom. The molecule has 100 valence electrons. The van der Waals surface area contributed by atoms with Crippen molar-refractivity contribution in [2.75, 3.05) is 0 Å². The van der Waals surface area contributed by atoms with Crippen LogP contribution in [0.3, 0.4) is 0 Å². The second-order valence-corrected chi connectivity index (χ2v) is 5.63. The molecule has 0 radical (unpaired) electrons. The van der Waals surface area contributed by atoms with Crippen molar-refractivity contribution in [2.45, 2.75) is 25.0 Å². The van der Waals surface area contributed by atoms with Gasteiger partial charge in [0.2, 0.25) is 0 Å². The van der Waals surface area contributed by atoms with E-state index in [2.05, 4.69) is 33.8 Å². The molecular formula is C14H18N4S. The molecule has 4 nitrogen and oxygen atoms in total. The molecule has 2 N–H and O–H groups in total. The lowest BCUT2D eigenvalue weighted by molar-refractivity contribution is 0.590. The molecule has 0 spiro atoms. The molecule has 1 aliphatic rings. The molecule has 2 atom stereocenters. The van der Waals surface area contributed by atoms with Crippen LogP contribution in [0.15, 0.2) is 41.7 Å². The minimum Gasteiger partial charge on any atom is -0.320 e. The van der Waals surface area contributed by atoms with Gasteiger partial charge in [-0.15, -0.1) is 0 Å². The molecule has 19 heavy (non-hydrogen) atoms. The molecular weight excluding hydrogens is 256 g/mol. The number of hydrogen-bond acceptors (Lipinski definition) is 3. The van der Waals surface area contributed by atoms with Crippen molar-refractivity contribution in [2.24, 2.45) is 10.9 Å². The van der Waals surface area contributed by atoms with Crippen LogP contribution in [0.2, 0.25) is 0 Å². The number of pyridine rings is 1. The summed E-state index contributed by atoms with van der Waals surface area (Å²) in [6.45, 7) is 2.24. The van der Waals surface area contributed by atoms with E-state index in [-0.39, 0.29) is 5.84 Å². The maximum absolute atomic E-state index is 7.79. The maximum atomic E-state index is 7.79. The van der Waals surface area contributed by atoms with Gasteiger partial charge in [-0.2, -0.15) is 0 Å². The predicted octanol–water partition coefficient (Wildman–Crippen LogP) is 3.03. The minimum absolute atomic E-state index is 0.239. The number of allylic oxidation sites excluding steroid dienone is 1. The SMILES string of the molecule is CC1C=CC(SN/C=N\C(=N)c2ccncc2)CC1. The minimum atomic E-state index is 0.239.